The maximum absolute atomic E-state index is 6.30. The number of hydrogen-bond acceptors (Lipinski definition) is 3. The average Bonchev–Trinajstić information content (AvgIpc) is 2.36. The zero-order valence-electron chi connectivity index (χ0n) is 11.9. The van der Waals surface area contributed by atoms with Crippen molar-refractivity contribution in [1.82, 2.24) is 4.90 Å². The Bertz CT molecular complexity index is 448. The van der Waals surface area contributed by atoms with Crippen molar-refractivity contribution in [3.8, 4) is 5.75 Å². The lowest BCUT2D eigenvalue weighted by atomic mass is 9.79. The van der Waals surface area contributed by atoms with E-state index in [4.69, 9.17) is 22.1 Å². The Balaban J connectivity index is 2.14. The molecule has 1 aromatic carbocycles. The van der Waals surface area contributed by atoms with Gasteiger partial charge in [0.25, 0.3) is 0 Å². The molecule has 19 heavy (non-hydrogen) atoms. The van der Waals surface area contributed by atoms with Crippen molar-refractivity contribution >= 4 is 11.6 Å². The van der Waals surface area contributed by atoms with Gasteiger partial charge in [-0.25, -0.2) is 0 Å². The molecule has 2 rings (SSSR count). The van der Waals surface area contributed by atoms with Crippen LogP contribution in [0.3, 0.4) is 0 Å². The summed E-state index contributed by atoms with van der Waals surface area (Å²) in [7, 11) is 1.69. The smallest absolute Gasteiger partial charge is 0.124 e. The van der Waals surface area contributed by atoms with Gasteiger partial charge in [-0.15, -0.1) is 0 Å². The Morgan fingerprint density at radius 3 is 2.84 bits per heavy atom. The van der Waals surface area contributed by atoms with Crippen LogP contribution < -0.4 is 10.5 Å². The number of likely N-dealkylation sites (tertiary alicyclic amines) is 1. The van der Waals surface area contributed by atoms with Crippen LogP contribution in [0.2, 0.25) is 5.02 Å². The molecule has 1 fully saturated rings. The third-order valence-corrected chi connectivity index (χ3v) is 4.42. The summed E-state index contributed by atoms with van der Waals surface area (Å²) in [4.78, 5) is 2.41. The molecule has 1 aromatic rings. The molecule has 0 aromatic heterocycles. The highest BCUT2D eigenvalue weighted by Crippen LogP contribution is 2.32. The topological polar surface area (TPSA) is 38.5 Å². The molecule has 0 bridgehead atoms. The zero-order valence-corrected chi connectivity index (χ0v) is 12.7. The number of hydrogen-bond donors (Lipinski definition) is 1. The van der Waals surface area contributed by atoms with E-state index in [1.807, 2.05) is 18.2 Å². The molecular formula is C15H23ClN2O. The van der Waals surface area contributed by atoms with Gasteiger partial charge in [0.05, 0.1) is 7.11 Å². The fourth-order valence-corrected chi connectivity index (χ4v) is 2.95. The van der Waals surface area contributed by atoms with E-state index in [1.165, 1.54) is 0 Å². The van der Waals surface area contributed by atoms with Crippen molar-refractivity contribution in [2.45, 2.75) is 32.9 Å². The second-order valence-corrected chi connectivity index (χ2v) is 6.42. The summed E-state index contributed by atoms with van der Waals surface area (Å²) in [5.74, 6) is 0.861. The summed E-state index contributed by atoms with van der Waals surface area (Å²) in [5.41, 5.74) is 7.39. The van der Waals surface area contributed by atoms with Crippen molar-refractivity contribution < 1.29 is 4.74 Å². The number of rotatable bonds is 3. The third-order valence-electron chi connectivity index (χ3n) is 4.07. The van der Waals surface area contributed by atoms with E-state index < -0.39 is 0 Å². The summed E-state index contributed by atoms with van der Waals surface area (Å²) in [6, 6.07) is 6.07. The lowest BCUT2D eigenvalue weighted by Gasteiger charge is -2.42. The predicted molar refractivity (Wildman–Crippen MR) is 79.7 cm³/mol. The highest BCUT2D eigenvalue weighted by molar-refractivity contribution is 6.31. The highest BCUT2D eigenvalue weighted by atomic mass is 35.5. The fraction of sp³-hybridized carbons (Fsp3) is 0.600. The lowest BCUT2D eigenvalue weighted by molar-refractivity contribution is 0.0892. The molecule has 0 saturated carbocycles. The molecule has 1 aliphatic heterocycles. The second kappa shape index (κ2) is 5.70. The Hall–Kier alpha value is -0.770. The second-order valence-electron chi connectivity index (χ2n) is 6.02. The molecule has 106 valence electrons. The monoisotopic (exact) mass is 282 g/mol. The third kappa shape index (κ3) is 3.22. The van der Waals surface area contributed by atoms with Gasteiger partial charge in [-0.3, -0.25) is 4.90 Å². The number of ether oxygens (including phenoxy) is 1. The van der Waals surface area contributed by atoms with Crippen LogP contribution in [0, 0.1) is 5.41 Å². The minimum Gasteiger partial charge on any atom is -0.496 e. The van der Waals surface area contributed by atoms with Crippen LogP contribution in [0.4, 0.5) is 0 Å². The van der Waals surface area contributed by atoms with Crippen LogP contribution in [0.25, 0.3) is 0 Å². The largest absolute Gasteiger partial charge is 0.496 e. The van der Waals surface area contributed by atoms with E-state index in [2.05, 4.69) is 18.7 Å². The fourth-order valence-electron chi connectivity index (χ4n) is 2.73. The van der Waals surface area contributed by atoms with E-state index in [9.17, 15) is 0 Å². The zero-order chi connectivity index (χ0) is 14.0. The normalized spacial score (nSPS) is 23.3. The molecule has 2 N–H and O–H groups in total. The Kier molecular flexibility index (Phi) is 4.39. The van der Waals surface area contributed by atoms with Gasteiger partial charge in [0.2, 0.25) is 0 Å². The highest BCUT2D eigenvalue weighted by Gasteiger charge is 2.33. The summed E-state index contributed by atoms with van der Waals surface area (Å²) in [6.07, 6.45) is 1.03. The van der Waals surface area contributed by atoms with Gasteiger partial charge in [0, 0.05) is 36.3 Å². The van der Waals surface area contributed by atoms with Crippen LogP contribution >= 0.6 is 11.6 Å². The molecule has 0 spiro atoms. The van der Waals surface area contributed by atoms with Gasteiger partial charge in [0.1, 0.15) is 5.75 Å². The van der Waals surface area contributed by atoms with Gasteiger partial charge < -0.3 is 10.5 Å². The van der Waals surface area contributed by atoms with Gasteiger partial charge in [-0.2, -0.15) is 0 Å². The molecule has 0 amide bonds. The molecule has 1 atom stereocenters. The van der Waals surface area contributed by atoms with Crippen molar-refractivity contribution in [3.05, 3.63) is 28.8 Å². The molecule has 1 unspecified atom stereocenters. The Morgan fingerprint density at radius 1 is 1.47 bits per heavy atom. The molecule has 3 nitrogen and oxygen atoms in total. The molecule has 1 saturated heterocycles. The van der Waals surface area contributed by atoms with Gasteiger partial charge in [-0.05, 0) is 24.0 Å². The molecule has 1 aliphatic rings. The summed E-state index contributed by atoms with van der Waals surface area (Å²) in [5, 5.41) is 0.770. The lowest BCUT2D eigenvalue weighted by Crippen LogP contribution is -2.52. The summed E-state index contributed by atoms with van der Waals surface area (Å²) in [6.45, 7) is 7.28. The maximum Gasteiger partial charge on any atom is 0.124 e. The van der Waals surface area contributed by atoms with Crippen molar-refractivity contribution in [2.24, 2.45) is 11.1 Å². The standard InChI is InChI=1S/C15H23ClN2O/c1-15(2)10-18(8-7-14(15)17)9-11-12(16)5-4-6-13(11)19-3/h4-6,14H,7-10,17H2,1-3H3. The van der Waals surface area contributed by atoms with Gasteiger partial charge >= 0.3 is 0 Å². The van der Waals surface area contributed by atoms with Crippen LogP contribution in [0.1, 0.15) is 25.8 Å². The van der Waals surface area contributed by atoms with Crippen LogP contribution in [-0.4, -0.2) is 31.1 Å². The summed E-state index contributed by atoms with van der Waals surface area (Å²) < 4.78 is 5.40. The molecule has 1 heterocycles. The van der Waals surface area contributed by atoms with E-state index in [1.54, 1.807) is 7.11 Å². The number of piperidine rings is 1. The van der Waals surface area contributed by atoms with Gasteiger partial charge in [-0.1, -0.05) is 31.5 Å². The minimum absolute atomic E-state index is 0.146. The number of methoxy groups -OCH3 is 1. The van der Waals surface area contributed by atoms with E-state index >= 15 is 0 Å². The van der Waals surface area contributed by atoms with E-state index in [0.29, 0.717) is 0 Å². The first-order valence-electron chi connectivity index (χ1n) is 6.73. The van der Waals surface area contributed by atoms with Crippen molar-refractivity contribution in [2.75, 3.05) is 20.2 Å². The van der Waals surface area contributed by atoms with E-state index in [-0.39, 0.29) is 11.5 Å². The summed E-state index contributed by atoms with van der Waals surface area (Å²) >= 11 is 6.30. The minimum atomic E-state index is 0.146. The molecular weight excluding hydrogens is 260 g/mol. The maximum atomic E-state index is 6.30. The van der Waals surface area contributed by atoms with Crippen LogP contribution in [0.15, 0.2) is 18.2 Å². The predicted octanol–water partition coefficient (Wildman–Crippen LogP) is 2.91. The van der Waals surface area contributed by atoms with Crippen molar-refractivity contribution in [1.29, 1.82) is 0 Å². The molecule has 4 heteroatoms. The first-order valence-corrected chi connectivity index (χ1v) is 7.11. The number of benzene rings is 1. The average molecular weight is 283 g/mol. The molecule has 0 radical (unpaired) electrons. The quantitative estimate of drug-likeness (QED) is 0.926. The van der Waals surface area contributed by atoms with E-state index in [0.717, 1.165) is 42.4 Å². The Labute approximate surface area is 120 Å². The molecule has 0 aliphatic carbocycles. The number of nitrogens with two attached hydrogens (primary N) is 1. The van der Waals surface area contributed by atoms with Crippen LogP contribution in [0.5, 0.6) is 5.75 Å². The number of halogens is 1. The SMILES string of the molecule is COc1cccc(Cl)c1CN1CCC(N)C(C)(C)C1. The first-order chi connectivity index (χ1) is 8.94. The van der Waals surface area contributed by atoms with Crippen molar-refractivity contribution in [3.63, 3.8) is 0 Å². The Morgan fingerprint density at radius 2 is 2.21 bits per heavy atom. The van der Waals surface area contributed by atoms with Crippen LogP contribution in [-0.2, 0) is 6.54 Å². The number of nitrogens with zero attached hydrogens (tertiary/aromatic N) is 1. The first kappa shape index (κ1) is 14.6. The van der Waals surface area contributed by atoms with Gasteiger partial charge in [0.15, 0.2) is 0 Å².